The Bertz CT molecular complexity index is 319. The molecule has 0 fully saturated rings. The molecule has 0 atom stereocenters. The Hall–Kier alpha value is -0.450. The Morgan fingerprint density at radius 2 is 2.36 bits per heavy atom. The van der Waals surface area contributed by atoms with E-state index < -0.39 is 0 Å². The smallest absolute Gasteiger partial charge is 0.107 e. The maximum atomic E-state index is 5.59. The summed E-state index contributed by atoms with van der Waals surface area (Å²) < 4.78 is 0. The van der Waals surface area contributed by atoms with Crippen molar-refractivity contribution in [3.8, 4) is 0 Å². The molecule has 2 heterocycles. The van der Waals surface area contributed by atoms with Crippen LogP contribution in [0.5, 0.6) is 0 Å². The third kappa shape index (κ3) is 1.82. The zero-order valence-electron chi connectivity index (χ0n) is 8.79. The van der Waals surface area contributed by atoms with Crippen LogP contribution >= 0.6 is 11.3 Å². The number of aromatic nitrogens is 1. The third-order valence-corrected chi connectivity index (χ3v) is 3.81. The lowest BCUT2D eigenvalue weighted by Gasteiger charge is -2.29. The first-order chi connectivity index (χ1) is 6.70. The summed E-state index contributed by atoms with van der Waals surface area (Å²) in [5, 5.41) is 1.08. The Labute approximate surface area is 88.9 Å². The van der Waals surface area contributed by atoms with Gasteiger partial charge in [0.15, 0.2) is 0 Å². The first-order valence-electron chi connectivity index (χ1n) is 5.12. The van der Waals surface area contributed by atoms with E-state index in [4.69, 9.17) is 5.73 Å². The van der Waals surface area contributed by atoms with Gasteiger partial charge >= 0.3 is 0 Å². The predicted molar refractivity (Wildman–Crippen MR) is 59.3 cm³/mol. The van der Waals surface area contributed by atoms with Crippen molar-refractivity contribution in [2.45, 2.75) is 39.4 Å². The minimum absolute atomic E-state index is 0.583. The van der Waals surface area contributed by atoms with Gasteiger partial charge in [-0.25, -0.2) is 4.98 Å². The lowest BCUT2D eigenvalue weighted by Crippen LogP contribution is -2.35. The van der Waals surface area contributed by atoms with E-state index >= 15 is 0 Å². The fourth-order valence-corrected chi connectivity index (χ4v) is 2.82. The van der Waals surface area contributed by atoms with Gasteiger partial charge < -0.3 is 5.73 Å². The van der Waals surface area contributed by atoms with Gasteiger partial charge in [-0.05, 0) is 13.8 Å². The number of rotatable bonds is 2. The van der Waals surface area contributed by atoms with Crippen LogP contribution in [0.3, 0.4) is 0 Å². The third-order valence-electron chi connectivity index (χ3n) is 2.71. The molecule has 1 aromatic heterocycles. The molecule has 0 saturated heterocycles. The van der Waals surface area contributed by atoms with E-state index in [1.807, 2.05) is 0 Å². The first kappa shape index (κ1) is 10.1. The summed E-state index contributed by atoms with van der Waals surface area (Å²) in [6.45, 7) is 7.27. The molecule has 0 bridgehead atoms. The molecule has 14 heavy (non-hydrogen) atoms. The average Bonchev–Trinajstić information content (AvgIpc) is 2.58. The van der Waals surface area contributed by atoms with Crippen molar-refractivity contribution in [1.82, 2.24) is 9.88 Å². The van der Waals surface area contributed by atoms with Crippen molar-refractivity contribution in [3.05, 3.63) is 15.6 Å². The molecule has 0 amide bonds. The Morgan fingerprint density at radius 3 is 3.00 bits per heavy atom. The second-order valence-electron chi connectivity index (χ2n) is 4.00. The molecule has 0 aromatic carbocycles. The summed E-state index contributed by atoms with van der Waals surface area (Å²) in [6.07, 6.45) is 1.09. The van der Waals surface area contributed by atoms with Gasteiger partial charge in [0.05, 0.1) is 5.69 Å². The molecule has 0 radical (unpaired) electrons. The van der Waals surface area contributed by atoms with Crippen LogP contribution in [0.25, 0.3) is 0 Å². The average molecular weight is 211 g/mol. The molecule has 0 aliphatic carbocycles. The predicted octanol–water partition coefficient (Wildman–Crippen LogP) is 1.37. The molecule has 4 heteroatoms. The molecule has 2 rings (SSSR count). The normalized spacial score (nSPS) is 17.4. The van der Waals surface area contributed by atoms with Gasteiger partial charge in [-0.15, -0.1) is 11.3 Å². The summed E-state index contributed by atoms with van der Waals surface area (Å²) in [6, 6.07) is 0.631. The van der Waals surface area contributed by atoms with Crippen molar-refractivity contribution in [1.29, 1.82) is 0 Å². The standard InChI is InChI=1S/C10H17N3S/c1-7(2)13-4-3-8-9(6-13)14-10(5-11)12-8/h7H,3-6,11H2,1-2H3. The highest BCUT2D eigenvalue weighted by atomic mass is 32.1. The molecule has 3 nitrogen and oxygen atoms in total. The molecule has 1 aliphatic rings. The first-order valence-corrected chi connectivity index (χ1v) is 5.94. The van der Waals surface area contributed by atoms with Crippen LogP contribution in [0.2, 0.25) is 0 Å². The van der Waals surface area contributed by atoms with Crippen LogP contribution in [-0.2, 0) is 19.5 Å². The minimum atomic E-state index is 0.583. The van der Waals surface area contributed by atoms with Gasteiger partial charge in [-0.2, -0.15) is 0 Å². The summed E-state index contributed by atoms with van der Waals surface area (Å²) in [5.74, 6) is 0. The Balaban J connectivity index is 2.17. The molecule has 0 spiro atoms. The lowest BCUT2D eigenvalue weighted by atomic mass is 10.1. The number of nitrogens with zero attached hydrogens (tertiary/aromatic N) is 2. The molecular formula is C10H17N3S. The van der Waals surface area contributed by atoms with Gasteiger partial charge in [0.25, 0.3) is 0 Å². The van der Waals surface area contributed by atoms with Crippen LogP contribution in [0.15, 0.2) is 0 Å². The van der Waals surface area contributed by atoms with Crippen molar-refractivity contribution in [2.75, 3.05) is 6.54 Å². The number of hydrogen-bond acceptors (Lipinski definition) is 4. The van der Waals surface area contributed by atoms with Crippen LogP contribution in [0.4, 0.5) is 0 Å². The van der Waals surface area contributed by atoms with Crippen molar-refractivity contribution >= 4 is 11.3 Å². The highest BCUT2D eigenvalue weighted by molar-refractivity contribution is 7.11. The lowest BCUT2D eigenvalue weighted by molar-refractivity contribution is 0.205. The molecule has 0 unspecified atom stereocenters. The van der Waals surface area contributed by atoms with Gasteiger partial charge in [-0.3, -0.25) is 4.90 Å². The van der Waals surface area contributed by atoms with Gasteiger partial charge in [-0.1, -0.05) is 0 Å². The summed E-state index contributed by atoms with van der Waals surface area (Å²) in [7, 11) is 0. The van der Waals surface area contributed by atoms with E-state index in [1.54, 1.807) is 11.3 Å². The van der Waals surface area contributed by atoms with Crippen LogP contribution in [-0.4, -0.2) is 22.5 Å². The quantitative estimate of drug-likeness (QED) is 0.803. The molecule has 1 aliphatic heterocycles. The topological polar surface area (TPSA) is 42.2 Å². The molecule has 1 aromatic rings. The van der Waals surface area contributed by atoms with Crippen molar-refractivity contribution in [3.63, 3.8) is 0 Å². The van der Waals surface area contributed by atoms with Crippen LogP contribution < -0.4 is 5.73 Å². The van der Waals surface area contributed by atoms with Crippen LogP contribution in [0.1, 0.15) is 29.4 Å². The number of thiazole rings is 1. The van der Waals surface area contributed by atoms with E-state index in [0.29, 0.717) is 12.6 Å². The van der Waals surface area contributed by atoms with E-state index in [-0.39, 0.29) is 0 Å². The minimum Gasteiger partial charge on any atom is -0.325 e. The van der Waals surface area contributed by atoms with Gasteiger partial charge in [0.1, 0.15) is 5.01 Å². The highest BCUT2D eigenvalue weighted by Crippen LogP contribution is 2.25. The van der Waals surface area contributed by atoms with Crippen molar-refractivity contribution < 1.29 is 0 Å². The van der Waals surface area contributed by atoms with Gasteiger partial charge in [0, 0.05) is 37.0 Å². The largest absolute Gasteiger partial charge is 0.325 e. The van der Waals surface area contributed by atoms with E-state index in [1.165, 1.54) is 10.6 Å². The monoisotopic (exact) mass is 211 g/mol. The number of nitrogens with two attached hydrogens (primary N) is 1. The maximum Gasteiger partial charge on any atom is 0.107 e. The summed E-state index contributed by atoms with van der Waals surface area (Å²) >= 11 is 1.78. The summed E-state index contributed by atoms with van der Waals surface area (Å²) in [4.78, 5) is 8.44. The van der Waals surface area contributed by atoms with E-state index in [9.17, 15) is 0 Å². The van der Waals surface area contributed by atoms with E-state index in [2.05, 4.69) is 23.7 Å². The number of fused-ring (bicyclic) bond motifs is 1. The fraction of sp³-hybridized carbons (Fsp3) is 0.700. The Kier molecular flexibility index (Phi) is 2.85. The zero-order valence-corrected chi connectivity index (χ0v) is 9.60. The number of hydrogen-bond donors (Lipinski definition) is 1. The second-order valence-corrected chi connectivity index (χ2v) is 5.16. The van der Waals surface area contributed by atoms with Crippen molar-refractivity contribution in [2.24, 2.45) is 5.73 Å². The second kappa shape index (κ2) is 3.96. The van der Waals surface area contributed by atoms with Crippen LogP contribution in [0, 0.1) is 0 Å². The molecular weight excluding hydrogens is 194 g/mol. The summed E-state index contributed by atoms with van der Waals surface area (Å²) in [5.41, 5.74) is 6.88. The molecule has 78 valence electrons. The highest BCUT2D eigenvalue weighted by Gasteiger charge is 2.21. The fourth-order valence-electron chi connectivity index (χ4n) is 1.80. The maximum absolute atomic E-state index is 5.59. The van der Waals surface area contributed by atoms with E-state index in [0.717, 1.165) is 24.5 Å². The van der Waals surface area contributed by atoms with Gasteiger partial charge in [0.2, 0.25) is 0 Å². The SMILES string of the molecule is CC(C)N1CCc2nc(CN)sc2C1. The molecule has 0 saturated carbocycles. The zero-order chi connectivity index (χ0) is 10.1. The molecule has 2 N–H and O–H groups in total. The Morgan fingerprint density at radius 1 is 1.57 bits per heavy atom.